The van der Waals surface area contributed by atoms with Crippen molar-refractivity contribution in [2.45, 2.75) is 44.8 Å². The maximum Gasteiger partial charge on any atom is 0.338 e. The van der Waals surface area contributed by atoms with Crippen molar-refractivity contribution < 1.29 is 34.8 Å². The van der Waals surface area contributed by atoms with E-state index in [1.807, 2.05) is 6.92 Å². The lowest BCUT2D eigenvalue weighted by Crippen LogP contribution is -2.41. The van der Waals surface area contributed by atoms with Crippen molar-refractivity contribution in [1.82, 2.24) is 0 Å². The lowest BCUT2D eigenvalue weighted by atomic mass is 10.0. The van der Waals surface area contributed by atoms with Gasteiger partial charge in [0.25, 0.3) is 0 Å². The third-order valence-corrected chi connectivity index (χ3v) is 2.85. The summed E-state index contributed by atoms with van der Waals surface area (Å²) >= 11 is 0. The zero-order valence-electron chi connectivity index (χ0n) is 11.0. The van der Waals surface area contributed by atoms with Gasteiger partial charge < -0.3 is 25.2 Å². The molecule has 112 valence electrons. The highest BCUT2D eigenvalue weighted by atomic mass is 16.6. The molecule has 4 N–H and O–H groups in total. The number of carbonyl (C=O) groups excluding carboxylic acids is 1. The smallest absolute Gasteiger partial charge is 0.338 e. The fraction of sp³-hybridized carbons (Fsp3) is 0.833. The van der Waals surface area contributed by atoms with E-state index in [9.17, 15) is 14.7 Å². The quantitative estimate of drug-likeness (QED) is 0.314. The van der Waals surface area contributed by atoms with E-state index in [4.69, 9.17) is 20.1 Å². The summed E-state index contributed by atoms with van der Waals surface area (Å²) in [4.78, 5) is 21.7. The van der Waals surface area contributed by atoms with Gasteiger partial charge in [0.1, 0.15) is 0 Å². The molecule has 0 aliphatic heterocycles. The number of aliphatic carboxylic acids is 1. The Balaban J connectivity index is 4.07. The lowest BCUT2D eigenvalue weighted by Gasteiger charge is -2.17. The Labute approximate surface area is 111 Å². The predicted octanol–water partition coefficient (Wildman–Crippen LogP) is -0.475. The zero-order chi connectivity index (χ0) is 14.8. The highest BCUT2D eigenvalue weighted by Crippen LogP contribution is 2.13. The van der Waals surface area contributed by atoms with Crippen LogP contribution in [-0.2, 0) is 14.3 Å². The number of unbranched alkanes of at least 4 members (excludes halogenated alkanes) is 1. The summed E-state index contributed by atoms with van der Waals surface area (Å²) in [5, 5.41) is 35.3. The molecule has 0 aromatic carbocycles. The van der Waals surface area contributed by atoms with Crippen molar-refractivity contribution in [3.05, 3.63) is 0 Å². The molecule has 0 heterocycles. The number of carbonyl (C=O) groups is 2. The molecular formula is C12H22O7. The van der Waals surface area contributed by atoms with Crippen LogP contribution in [0, 0.1) is 5.92 Å². The van der Waals surface area contributed by atoms with E-state index in [1.165, 1.54) is 0 Å². The third-order valence-electron chi connectivity index (χ3n) is 2.85. The monoisotopic (exact) mass is 278 g/mol. The molecule has 0 spiro atoms. The Morgan fingerprint density at radius 3 is 2.26 bits per heavy atom. The molecule has 7 nitrogen and oxygen atoms in total. The van der Waals surface area contributed by atoms with Gasteiger partial charge in [0.2, 0.25) is 0 Å². The molecule has 0 radical (unpaired) electrons. The maximum atomic E-state index is 11.3. The molecule has 0 fully saturated rings. The van der Waals surface area contributed by atoms with Gasteiger partial charge in [-0.05, 0) is 18.8 Å². The van der Waals surface area contributed by atoms with Crippen LogP contribution >= 0.6 is 0 Å². The molecule has 7 heteroatoms. The highest BCUT2D eigenvalue weighted by Gasteiger charge is 2.31. The number of carboxylic acid groups (broad SMARTS) is 1. The average molecular weight is 278 g/mol. The largest absolute Gasteiger partial charge is 0.479 e. The van der Waals surface area contributed by atoms with Crippen LogP contribution in [0.5, 0.6) is 0 Å². The fourth-order valence-electron chi connectivity index (χ4n) is 1.50. The molecule has 0 aromatic heterocycles. The summed E-state index contributed by atoms with van der Waals surface area (Å²) in [6.07, 6.45) is -1.26. The van der Waals surface area contributed by atoms with Crippen LogP contribution < -0.4 is 0 Å². The van der Waals surface area contributed by atoms with E-state index in [-0.39, 0.29) is 19.1 Å². The molecule has 0 amide bonds. The Bertz CT molecular complexity index is 279. The van der Waals surface area contributed by atoms with E-state index in [1.54, 1.807) is 0 Å². The second-order valence-electron chi connectivity index (χ2n) is 4.35. The normalized spacial score (nSPS) is 15.6. The van der Waals surface area contributed by atoms with Gasteiger partial charge in [-0.1, -0.05) is 19.8 Å². The summed E-state index contributed by atoms with van der Waals surface area (Å²) < 4.78 is 4.78. The van der Waals surface area contributed by atoms with Crippen molar-refractivity contribution >= 4 is 11.9 Å². The number of carboxylic acids is 1. The van der Waals surface area contributed by atoms with Gasteiger partial charge in [-0.25, -0.2) is 9.59 Å². The molecule has 0 aliphatic carbocycles. The Hall–Kier alpha value is -1.18. The number of hydrogen-bond acceptors (Lipinski definition) is 6. The molecule has 0 aromatic rings. The first-order valence-electron chi connectivity index (χ1n) is 6.30. The third kappa shape index (κ3) is 7.09. The number of ether oxygens (including phenoxy) is 1. The van der Waals surface area contributed by atoms with Crippen LogP contribution in [0.1, 0.15) is 32.6 Å². The molecular weight excluding hydrogens is 256 g/mol. The molecule has 19 heavy (non-hydrogen) atoms. The van der Waals surface area contributed by atoms with Crippen molar-refractivity contribution in [3.63, 3.8) is 0 Å². The number of hydrogen-bond donors (Lipinski definition) is 4. The summed E-state index contributed by atoms with van der Waals surface area (Å²) in [5.74, 6) is -2.74. The molecule has 0 saturated heterocycles. The molecule has 3 unspecified atom stereocenters. The van der Waals surface area contributed by atoms with Gasteiger partial charge in [-0.15, -0.1) is 0 Å². The van der Waals surface area contributed by atoms with Gasteiger partial charge in [0.05, 0.1) is 6.61 Å². The maximum absolute atomic E-state index is 11.3. The van der Waals surface area contributed by atoms with Gasteiger partial charge in [-0.2, -0.15) is 0 Å². The van der Waals surface area contributed by atoms with Gasteiger partial charge in [0.15, 0.2) is 12.2 Å². The summed E-state index contributed by atoms with van der Waals surface area (Å²) in [7, 11) is 0. The van der Waals surface area contributed by atoms with E-state index >= 15 is 0 Å². The molecule has 0 aliphatic rings. The fourth-order valence-corrected chi connectivity index (χ4v) is 1.50. The Morgan fingerprint density at radius 1 is 1.16 bits per heavy atom. The molecule has 0 saturated carbocycles. The van der Waals surface area contributed by atoms with Crippen molar-refractivity contribution in [1.29, 1.82) is 0 Å². The van der Waals surface area contributed by atoms with Crippen LogP contribution in [0.25, 0.3) is 0 Å². The lowest BCUT2D eigenvalue weighted by molar-refractivity contribution is -0.170. The zero-order valence-corrected chi connectivity index (χ0v) is 11.0. The van der Waals surface area contributed by atoms with Crippen LogP contribution in [0.15, 0.2) is 0 Å². The van der Waals surface area contributed by atoms with E-state index in [0.29, 0.717) is 6.42 Å². The minimum atomic E-state index is -2.18. The van der Waals surface area contributed by atoms with Gasteiger partial charge in [0, 0.05) is 6.61 Å². The summed E-state index contributed by atoms with van der Waals surface area (Å²) in [5.41, 5.74) is 0. The molecule has 0 bridgehead atoms. The highest BCUT2D eigenvalue weighted by molar-refractivity contribution is 5.84. The second kappa shape index (κ2) is 9.71. The van der Waals surface area contributed by atoms with Gasteiger partial charge in [-0.3, -0.25) is 0 Å². The van der Waals surface area contributed by atoms with Crippen molar-refractivity contribution in [2.75, 3.05) is 13.2 Å². The number of aliphatic hydroxyl groups is 3. The molecule has 3 atom stereocenters. The first-order valence-corrected chi connectivity index (χ1v) is 6.30. The minimum absolute atomic E-state index is 0.0597. The predicted molar refractivity (Wildman–Crippen MR) is 65.3 cm³/mol. The second-order valence-corrected chi connectivity index (χ2v) is 4.35. The Morgan fingerprint density at radius 2 is 1.79 bits per heavy atom. The van der Waals surface area contributed by atoms with Gasteiger partial charge >= 0.3 is 11.9 Å². The first kappa shape index (κ1) is 17.8. The van der Waals surface area contributed by atoms with E-state index in [2.05, 4.69) is 0 Å². The summed E-state index contributed by atoms with van der Waals surface area (Å²) in [6, 6.07) is 0. The SMILES string of the molecule is CCC(CCCCO)COC(=O)C(O)C(O)C(=O)O. The number of rotatable bonds is 10. The number of esters is 1. The van der Waals surface area contributed by atoms with Crippen molar-refractivity contribution in [2.24, 2.45) is 5.92 Å². The summed E-state index contributed by atoms with van der Waals surface area (Å²) in [6.45, 7) is 2.09. The van der Waals surface area contributed by atoms with Crippen molar-refractivity contribution in [3.8, 4) is 0 Å². The number of aliphatic hydroxyl groups excluding tert-OH is 3. The van der Waals surface area contributed by atoms with E-state index in [0.717, 1.165) is 19.3 Å². The van der Waals surface area contributed by atoms with Crippen LogP contribution in [-0.4, -0.2) is 57.8 Å². The van der Waals surface area contributed by atoms with Crippen LogP contribution in [0.4, 0.5) is 0 Å². The van der Waals surface area contributed by atoms with Crippen LogP contribution in [0.2, 0.25) is 0 Å². The van der Waals surface area contributed by atoms with Crippen LogP contribution in [0.3, 0.4) is 0 Å². The average Bonchev–Trinajstić information content (AvgIpc) is 2.40. The topological polar surface area (TPSA) is 124 Å². The van der Waals surface area contributed by atoms with E-state index < -0.39 is 24.1 Å². The first-order chi connectivity index (χ1) is 8.93. The molecule has 0 rings (SSSR count). The standard InChI is InChI=1S/C12H22O7/c1-2-8(5-3-4-6-13)7-19-12(18)10(15)9(14)11(16)17/h8-10,13-15H,2-7H2,1H3,(H,16,17). The Kier molecular flexibility index (Phi) is 9.11. The minimum Gasteiger partial charge on any atom is -0.479 e.